The van der Waals surface area contributed by atoms with E-state index in [0.717, 1.165) is 30.4 Å². The van der Waals surface area contributed by atoms with E-state index in [9.17, 15) is 0 Å². The third-order valence-electron chi connectivity index (χ3n) is 2.43. The summed E-state index contributed by atoms with van der Waals surface area (Å²) in [6.07, 6.45) is 5.37. The number of anilines is 1. The van der Waals surface area contributed by atoms with Crippen molar-refractivity contribution in [2.75, 3.05) is 17.3 Å². The first-order valence-electron chi connectivity index (χ1n) is 5.50. The topological polar surface area (TPSA) is 29.9 Å². The number of nitrogens with zero attached hydrogens (tertiary/aromatic N) is 2. The van der Waals surface area contributed by atoms with Crippen molar-refractivity contribution in [1.82, 2.24) is 9.55 Å². The van der Waals surface area contributed by atoms with Gasteiger partial charge in [0.15, 0.2) is 0 Å². The Bertz CT molecular complexity index is 296. The second-order valence-electron chi connectivity index (χ2n) is 3.70. The van der Waals surface area contributed by atoms with Crippen LogP contribution >= 0.6 is 11.8 Å². The number of hydrogen-bond donors (Lipinski definition) is 1. The minimum atomic E-state index is 0.520. The number of rotatable bonds is 6. The third-order valence-corrected chi connectivity index (χ3v) is 3.17. The molecule has 0 spiro atoms. The van der Waals surface area contributed by atoms with Crippen LogP contribution in [0.1, 0.15) is 26.0 Å². The molecule has 1 rings (SSSR count). The fourth-order valence-electron chi connectivity index (χ4n) is 1.55. The highest BCUT2D eigenvalue weighted by molar-refractivity contribution is 7.98. The number of imidazole rings is 1. The molecule has 0 aliphatic rings. The van der Waals surface area contributed by atoms with Gasteiger partial charge in [-0.2, -0.15) is 11.8 Å². The average molecular weight is 227 g/mol. The van der Waals surface area contributed by atoms with Gasteiger partial charge in [-0.3, -0.25) is 0 Å². The molecular formula is C11H21N3S. The molecule has 4 heteroatoms. The smallest absolute Gasteiger partial charge is 0.203 e. The molecule has 0 fully saturated rings. The van der Waals surface area contributed by atoms with Crippen molar-refractivity contribution in [1.29, 1.82) is 0 Å². The zero-order valence-corrected chi connectivity index (χ0v) is 10.9. The van der Waals surface area contributed by atoms with Gasteiger partial charge in [0.2, 0.25) is 5.95 Å². The van der Waals surface area contributed by atoms with Gasteiger partial charge in [0.1, 0.15) is 0 Å². The van der Waals surface area contributed by atoms with E-state index >= 15 is 0 Å². The molecule has 0 aromatic carbocycles. The van der Waals surface area contributed by atoms with Crippen LogP contribution in [-0.2, 0) is 6.54 Å². The molecular weight excluding hydrogens is 206 g/mol. The summed E-state index contributed by atoms with van der Waals surface area (Å²) in [5.41, 5.74) is 1.08. The Labute approximate surface area is 96.7 Å². The van der Waals surface area contributed by atoms with E-state index in [4.69, 9.17) is 0 Å². The lowest BCUT2D eigenvalue weighted by Gasteiger charge is -2.16. The molecule has 86 valence electrons. The van der Waals surface area contributed by atoms with Crippen LogP contribution in [0.2, 0.25) is 0 Å². The summed E-state index contributed by atoms with van der Waals surface area (Å²) in [5.74, 6) is 2.14. The molecule has 1 aromatic heterocycles. The molecule has 15 heavy (non-hydrogen) atoms. The van der Waals surface area contributed by atoms with Crippen molar-refractivity contribution in [3.8, 4) is 0 Å². The minimum Gasteiger partial charge on any atom is -0.352 e. The largest absolute Gasteiger partial charge is 0.352 e. The van der Waals surface area contributed by atoms with Crippen LogP contribution in [0.15, 0.2) is 6.20 Å². The van der Waals surface area contributed by atoms with Crippen molar-refractivity contribution in [2.24, 2.45) is 0 Å². The third kappa shape index (κ3) is 3.45. The molecule has 0 amide bonds. The molecule has 0 saturated carbocycles. The maximum Gasteiger partial charge on any atom is 0.203 e. The van der Waals surface area contributed by atoms with Crippen LogP contribution in [0.3, 0.4) is 0 Å². The molecule has 1 unspecified atom stereocenters. The van der Waals surface area contributed by atoms with Gasteiger partial charge < -0.3 is 9.88 Å². The molecule has 0 aliphatic heterocycles. The van der Waals surface area contributed by atoms with E-state index in [2.05, 4.69) is 41.2 Å². The number of thioether (sulfide) groups is 1. The van der Waals surface area contributed by atoms with Crippen LogP contribution in [-0.4, -0.2) is 27.6 Å². The SMILES string of the molecule is CCC(CSC)Nc1nc(C)cn1CC. The summed E-state index contributed by atoms with van der Waals surface area (Å²) in [6.45, 7) is 7.35. The second-order valence-corrected chi connectivity index (χ2v) is 4.61. The van der Waals surface area contributed by atoms with Crippen molar-refractivity contribution in [3.63, 3.8) is 0 Å². The quantitative estimate of drug-likeness (QED) is 0.810. The van der Waals surface area contributed by atoms with E-state index in [1.165, 1.54) is 0 Å². The Balaban J connectivity index is 2.68. The highest BCUT2D eigenvalue weighted by Crippen LogP contribution is 2.12. The van der Waals surface area contributed by atoms with Gasteiger partial charge in [-0.15, -0.1) is 0 Å². The van der Waals surface area contributed by atoms with Crippen molar-refractivity contribution in [2.45, 2.75) is 39.8 Å². The van der Waals surface area contributed by atoms with Crippen LogP contribution in [0.5, 0.6) is 0 Å². The molecule has 1 aromatic rings. The Morgan fingerprint density at radius 3 is 2.80 bits per heavy atom. The normalized spacial score (nSPS) is 12.8. The van der Waals surface area contributed by atoms with Gasteiger partial charge in [-0.05, 0) is 26.5 Å². The predicted molar refractivity (Wildman–Crippen MR) is 68.7 cm³/mol. The maximum absolute atomic E-state index is 4.49. The standard InChI is InChI=1S/C11H21N3S/c1-5-10(8-15-4)13-11-12-9(3)7-14(11)6-2/h7,10H,5-6,8H2,1-4H3,(H,12,13). The van der Waals surface area contributed by atoms with Crippen molar-refractivity contribution < 1.29 is 0 Å². The van der Waals surface area contributed by atoms with Crippen LogP contribution in [0.25, 0.3) is 0 Å². The van der Waals surface area contributed by atoms with Crippen molar-refractivity contribution >= 4 is 17.7 Å². The Morgan fingerprint density at radius 1 is 1.53 bits per heavy atom. The Hall–Kier alpha value is -0.640. The lowest BCUT2D eigenvalue weighted by atomic mass is 10.3. The Morgan fingerprint density at radius 2 is 2.27 bits per heavy atom. The van der Waals surface area contributed by atoms with E-state index in [-0.39, 0.29) is 0 Å². The fourth-order valence-corrected chi connectivity index (χ4v) is 2.27. The molecule has 0 saturated heterocycles. The number of aryl methyl sites for hydroxylation is 2. The monoisotopic (exact) mass is 227 g/mol. The van der Waals surface area contributed by atoms with E-state index in [0.29, 0.717) is 6.04 Å². The van der Waals surface area contributed by atoms with Gasteiger partial charge in [0.25, 0.3) is 0 Å². The van der Waals surface area contributed by atoms with Gasteiger partial charge in [-0.25, -0.2) is 4.98 Å². The number of nitrogens with one attached hydrogen (secondary N) is 1. The molecule has 3 nitrogen and oxygen atoms in total. The lowest BCUT2D eigenvalue weighted by Crippen LogP contribution is -2.23. The van der Waals surface area contributed by atoms with Gasteiger partial charge >= 0.3 is 0 Å². The maximum atomic E-state index is 4.49. The summed E-state index contributed by atoms with van der Waals surface area (Å²) in [4.78, 5) is 4.49. The molecule has 1 atom stereocenters. The summed E-state index contributed by atoms with van der Waals surface area (Å²) < 4.78 is 2.16. The minimum absolute atomic E-state index is 0.520. The number of hydrogen-bond acceptors (Lipinski definition) is 3. The van der Waals surface area contributed by atoms with Crippen LogP contribution in [0, 0.1) is 6.92 Å². The van der Waals surface area contributed by atoms with E-state index in [1.807, 2.05) is 18.7 Å². The Kier molecular flexibility index (Phi) is 5.02. The van der Waals surface area contributed by atoms with Gasteiger partial charge in [-0.1, -0.05) is 6.92 Å². The highest BCUT2D eigenvalue weighted by atomic mass is 32.2. The molecule has 0 radical (unpaired) electrons. The first kappa shape index (κ1) is 12.4. The van der Waals surface area contributed by atoms with E-state index in [1.54, 1.807) is 0 Å². The predicted octanol–water partition coefficient (Wildman–Crippen LogP) is 2.76. The van der Waals surface area contributed by atoms with Gasteiger partial charge in [0, 0.05) is 24.5 Å². The zero-order chi connectivity index (χ0) is 11.3. The first-order chi connectivity index (χ1) is 7.21. The summed E-state index contributed by atoms with van der Waals surface area (Å²) in [5, 5.41) is 3.50. The summed E-state index contributed by atoms with van der Waals surface area (Å²) in [6, 6.07) is 0.520. The average Bonchev–Trinajstić information content (AvgIpc) is 2.58. The molecule has 0 aliphatic carbocycles. The highest BCUT2D eigenvalue weighted by Gasteiger charge is 2.09. The lowest BCUT2D eigenvalue weighted by molar-refractivity contribution is 0.717. The van der Waals surface area contributed by atoms with Gasteiger partial charge in [0.05, 0.1) is 5.69 Å². The second kappa shape index (κ2) is 6.05. The van der Waals surface area contributed by atoms with Crippen LogP contribution in [0.4, 0.5) is 5.95 Å². The van der Waals surface area contributed by atoms with E-state index < -0.39 is 0 Å². The van der Waals surface area contributed by atoms with Crippen molar-refractivity contribution in [3.05, 3.63) is 11.9 Å². The summed E-state index contributed by atoms with van der Waals surface area (Å²) >= 11 is 1.87. The fraction of sp³-hybridized carbons (Fsp3) is 0.727. The zero-order valence-electron chi connectivity index (χ0n) is 10.1. The molecule has 1 N–H and O–H groups in total. The first-order valence-corrected chi connectivity index (χ1v) is 6.89. The summed E-state index contributed by atoms with van der Waals surface area (Å²) in [7, 11) is 0. The molecule has 0 bridgehead atoms. The molecule has 1 heterocycles. The van der Waals surface area contributed by atoms with Crippen LogP contribution < -0.4 is 5.32 Å². The number of aromatic nitrogens is 2.